The number of thiophene rings is 1. The smallest absolute Gasteiger partial charge is 0.306 e. The molecule has 0 saturated carbocycles. The maximum Gasteiger partial charge on any atom is 0.306 e. The number of carbonyl (C=O) groups is 1. The van der Waals surface area contributed by atoms with Crippen LogP contribution in [0.15, 0.2) is 41.8 Å². The van der Waals surface area contributed by atoms with E-state index in [2.05, 4.69) is 42.6 Å². The minimum absolute atomic E-state index is 0.0225. The molecule has 0 fully saturated rings. The molecule has 0 amide bonds. The van der Waals surface area contributed by atoms with E-state index in [9.17, 15) is 9.90 Å². The highest BCUT2D eigenvalue weighted by Crippen LogP contribution is 2.48. The molecule has 2 unspecified atom stereocenters. The van der Waals surface area contributed by atoms with Crippen LogP contribution >= 0.6 is 11.3 Å². The molecule has 0 spiro atoms. The van der Waals surface area contributed by atoms with E-state index in [1.165, 1.54) is 10.4 Å². The molecule has 0 bridgehead atoms. The van der Waals surface area contributed by atoms with Crippen LogP contribution in [0.4, 0.5) is 0 Å². The van der Waals surface area contributed by atoms with Crippen molar-refractivity contribution < 1.29 is 14.6 Å². The molecule has 2 atom stereocenters. The largest absolute Gasteiger partial charge is 0.481 e. The minimum atomic E-state index is -0.810. The van der Waals surface area contributed by atoms with E-state index < -0.39 is 11.6 Å². The number of hydrogen-bond donors (Lipinski definition) is 1. The van der Waals surface area contributed by atoms with Gasteiger partial charge in [-0.25, -0.2) is 0 Å². The molecule has 1 aliphatic heterocycles. The van der Waals surface area contributed by atoms with Crippen molar-refractivity contribution in [2.24, 2.45) is 0 Å². The van der Waals surface area contributed by atoms with Crippen molar-refractivity contribution in [2.45, 2.75) is 44.1 Å². The second kappa shape index (κ2) is 6.10. The van der Waals surface area contributed by atoms with E-state index in [-0.39, 0.29) is 11.8 Å². The van der Waals surface area contributed by atoms with Gasteiger partial charge in [0.25, 0.3) is 0 Å². The minimum Gasteiger partial charge on any atom is -0.481 e. The lowest BCUT2D eigenvalue weighted by Crippen LogP contribution is -2.45. The molecule has 0 saturated heterocycles. The number of aliphatic carboxylic acids is 1. The normalized spacial score (nSPS) is 26.7. The molecule has 0 aliphatic carbocycles. The van der Waals surface area contributed by atoms with Gasteiger partial charge in [-0.05, 0) is 35.4 Å². The van der Waals surface area contributed by atoms with Crippen molar-refractivity contribution in [3.63, 3.8) is 0 Å². The zero-order valence-corrected chi connectivity index (χ0v) is 14.4. The number of hydrogen-bond acceptors (Lipinski definition) is 3. The fourth-order valence-corrected chi connectivity index (χ4v) is 4.70. The van der Waals surface area contributed by atoms with Crippen LogP contribution in [0.3, 0.4) is 0 Å². The summed E-state index contributed by atoms with van der Waals surface area (Å²) in [5.74, 6) is -0.810. The molecule has 3 rings (SSSR count). The molecular weight excluding hydrogens is 308 g/mol. The number of benzene rings is 1. The Bertz CT molecular complexity index is 694. The number of fused-ring (bicyclic) bond motifs is 1. The van der Waals surface area contributed by atoms with Gasteiger partial charge >= 0.3 is 5.97 Å². The number of carboxylic acid groups (broad SMARTS) is 1. The molecule has 2 heterocycles. The van der Waals surface area contributed by atoms with Crippen molar-refractivity contribution in [1.29, 1.82) is 0 Å². The van der Waals surface area contributed by atoms with Crippen LogP contribution in [-0.2, 0) is 27.0 Å². The molecule has 1 aromatic heterocycles. The summed E-state index contributed by atoms with van der Waals surface area (Å²) in [6.07, 6.45) is 1.59. The average molecular weight is 330 g/mol. The Balaban J connectivity index is 1.98. The predicted octanol–water partition coefficient (Wildman–Crippen LogP) is 4.36. The van der Waals surface area contributed by atoms with Gasteiger partial charge in [-0.2, -0.15) is 0 Å². The highest BCUT2D eigenvalue weighted by atomic mass is 32.1. The summed E-state index contributed by atoms with van der Waals surface area (Å²) < 4.78 is 6.22. The molecule has 1 aromatic carbocycles. The Labute approximate surface area is 140 Å². The van der Waals surface area contributed by atoms with Gasteiger partial charge in [-0.1, -0.05) is 44.2 Å². The van der Waals surface area contributed by atoms with Crippen LogP contribution in [0, 0.1) is 0 Å². The highest BCUT2D eigenvalue weighted by molar-refractivity contribution is 7.10. The summed E-state index contributed by atoms with van der Waals surface area (Å²) in [4.78, 5) is 12.6. The van der Waals surface area contributed by atoms with Crippen LogP contribution in [0.5, 0.6) is 0 Å². The third kappa shape index (κ3) is 2.93. The molecule has 4 heteroatoms. The topological polar surface area (TPSA) is 46.5 Å². The molecule has 1 aliphatic rings. The van der Waals surface area contributed by atoms with E-state index in [4.69, 9.17) is 4.74 Å². The molecule has 23 heavy (non-hydrogen) atoms. The first-order chi connectivity index (χ1) is 11.0. The Hall–Kier alpha value is -1.65. The van der Waals surface area contributed by atoms with E-state index >= 15 is 0 Å². The first-order valence-electron chi connectivity index (χ1n) is 7.97. The average Bonchev–Trinajstić information content (AvgIpc) is 3.03. The van der Waals surface area contributed by atoms with Gasteiger partial charge in [0.05, 0.1) is 13.0 Å². The summed E-state index contributed by atoms with van der Waals surface area (Å²) in [6.45, 7) is 4.77. The number of rotatable bonds is 5. The number of carboxylic acids is 1. The maximum atomic E-state index is 11.3. The Morgan fingerprint density at radius 3 is 2.70 bits per heavy atom. The second-order valence-electron chi connectivity index (χ2n) is 6.59. The summed E-state index contributed by atoms with van der Waals surface area (Å²) in [5.41, 5.74) is 1.55. The van der Waals surface area contributed by atoms with Gasteiger partial charge in [0.1, 0.15) is 5.60 Å². The monoisotopic (exact) mass is 330 g/mol. The molecule has 3 nitrogen and oxygen atoms in total. The van der Waals surface area contributed by atoms with Crippen LogP contribution < -0.4 is 0 Å². The van der Waals surface area contributed by atoms with Gasteiger partial charge in [0, 0.05) is 10.3 Å². The summed E-state index contributed by atoms with van der Waals surface area (Å²) in [7, 11) is 0. The van der Waals surface area contributed by atoms with Gasteiger partial charge in [-0.3, -0.25) is 4.79 Å². The molecule has 0 radical (unpaired) electrons. The van der Waals surface area contributed by atoms with Gasteiger partial charge in [-0.15, -0.1) is 11.3 Å². The molecule has 122 valence electrons. The summed E-state index contributed by atoms with van der Waals surface area (Å²) >= 11 is 1.72. The van der Waals surface area contributed by atoms with Crippen molar-refractivity contribution in [1.82, 2.24) is 0 Å². The molecule has 1 N–H and O–H groups in total. The quantitative estimate of drug-likeness (QED) is 0.886. The lowest BCUT2D eigenvalue weighted by molar-refractivity contribution is -0.151. The van der Waals surface area contributed by atoms with Crippen molar-refractivity contribution in [3.8, 4) is 0 Å². The van der Waals surface area contributed by atoms with Crippen LogP contribution in [0.2, 0.25) is 0 Å². The molecule has 2 aromatic rings. The van der Waals surface area contributed by atoms with Crippen LogP contribution in [-0.4, -0.2) is 17.7 Å². The first-order valence-corrected chi connectivity index (χ1v) is 8.85. The Morgan fingerprint density at radius 1 is 1.30 bits per heavy atom. The Kier molecular flexibility index (Phi) is 4.30. The van der Waals surface area contributed by atoms with E-state index in [1.807, 2.05) is 13.0 Å². The standard InChI is InChI=1S/C19H22O3S/c1-3-19(12-16(20)21)15-9-10-23-17(15)18(2,13-22-19)11-14-7-5-4-6-8-14/h4-10H,3,11-13H2,1-2H3,(H,20,21). The van der Waals surface area contributed by atoms with Gasteiger partial charge in [0.2, 0.25) is 0 Å². The first kappa shape index (κ1) is 16.2. The third-order valence-electron chi connectivity index (χ3n) is 4.82. The van der Waals surface area contributed by atoms with Gasteiger partial charge < -0.3 is 9.84 Å². The van der Waals surface area contributed by atoms with Crippen LogP contribution in [0.25, 0.3) is 0 Å². The van der Waals surface area contributed by atoms with Crippen molar-refractivity contribution in [2.75, 3.05) is 6.61 Å². The summed E-state index contributed by atoms with van der Waals surface area (Å²) in [6, 6.07) is 12.5. The Morgan fingerprint density at radius 2 is 2.04 bits per heavy atom. The number of ether oxygens (including phenoxy) is 1. The van der Waals surface area contributed by atoms with Crippen LogP contribution in [0.1, 0.15) is 42.7 Å². The van der Waals surface area contributed by atoms with E-state index in [0.29, 0.717) is 13.0 Å². The SMILES string of the molecule is CCC1(CC(=O)O)OCC(C)(Cc2ccccc2)c2sccc21. The zero-order chi connectivity index (χ0) is 16.5. The van der Waals surface area contributed by atoms with Gasteiger partial charge in [0.15, 0.2) is 0 Å². The fraction of sp³-hybridized carbons (Fsp3) is 0.421. The fourth-order valence-electron chi connectivity index (χ4n) is 3.56. The summed E-state index contributed by atoms with van der Waals surface area (Å²) in [5, 5.41) is 11.4. The maximum absolute atomic E-state index is 11.3. The van der Waals surface area contributed by atoms with Crippen molar-refractivity contribution in [3.05, 3.63) is 57.8 Å². The van der Waals surface area contributed by atoms with E-state index in [1.54, 1.807) is 11.3 Å². The van der Waals surface area contributed by atoms with E-state index in [0.717, 1.165) is 12.0 Å². The zero-order valence-electron chi connectivity index (χ0n) is 13.5. The lowest BCUT2D eigenvalue weighted by Gasteiger charge is -2.44. The highest BCUT2D eigenvalue weighted by Gasteiger charge is 2.46. The second-order valence-corrected chi connectivity index (χ2v) is 7.51. The third-order valence-corrected chi connectivity index (χ3v) is 6.04. The van der Waals surface area contributed by atoms with Crippen molar-refractivity contribution >= 4 is 17.3 Å². The predicted molar refractivity (Wildman–Crippen MR) is 92.0 cm³/mol. The molecular formula is C19H22O3S. The lowest BCUT2D eigenvalue weighted by atomic mass is 9.74.